The number of aromatic nitrogens is 3. The van der Waals surface area contributed by atoms with Crippen LogP contribution in [0.5, 0.6) is 11.5 Å². The SMILES string of the molecule is [2H]C([2H])([2H])Oc1ccc(F)cc1C(=O)NCc1ccc(-c2nc(N3CC[C@@H](O)C3)c3cn(Cc4ccc(OC)cc4)nc3c2C(N)=O)cc1. The molecule has 1 atom stereocenters. The standard InChI is InChI=1S/C34H33FN6O5/c1-45-25-10-5-21(6-11-25)17-41-19-27-31(39-41)29(32(36)43)30(38-33(27)40-14-13-24(42)18-40)22-7-3-20(4-8-22)16-37-34(44)26-15-23(35)9-12-28(26)46-2/h3-12,15,19,24,42H,13-14,16-18H2,1-2H3,(H2,36,43)(H,37,44)/t24-/m1/s1/i2D3. The Kier molecular flexibility index (Phi) is 7.51. The number of anilines is 1. The zero-order valence-corrected chi connectivity index (χ0v) is 24.9. The van der Waals surface area contributed by atoms with Gasteiger partial charge in [-0.15, -0.1) is 0 Å². The van der Waals surface area contributed by atoms with Gasteiger partial charge in [0, 0.05) is 31.4 Å². The topological polar surface area (TPSA) is 145 Å². The summed E-state index contributed by atoms with van der Waals surface area (Å²) in [5.41, 5.74) is 8.70. The van der Waals surface area contributed by atoms with Crippen LogP contribution >= 0.6 is 0 Å². The van der Waals surface area contributed by atoms with E-state index in [1.807, 2.05) is 35.4 Å². The zero-order valence-electron chi connectivity index (χ0n) is 27.9. The second-order valence-corrected chi connectivity index (χ2v) is 11.0. The van der Waals surface area contributed by atoms with E-state index in [1.165, 1.54) is 0 Å². The molecule has 0 unspecified atom stereocenters. The van der Waals surface area contributed by atoms with E-state index in [-0.39, 0.29) is 23.4 Å². The number of aliphatic hydroxyl groups is 1. The van der Waals surface area contributed by atoms with Crippen LogP contribution in [0.25, 0.3) is 22.2 Å². The lowest BCUT2D eigenvalue weighted by Gasteiger charge is -2.20. The van der Waals surface area contributed by atoms with E-state index in [0.29, 0.717) is 59.6 Å². The number of nitrogens with one attached hydrogen (secondary N) is 1. The van der Waals surface area contributed by atoms with E-state index in [0.717, 1.165) is 29.5 Å². The molecule has 3 heterocycles. The van der Waals surface area contributed by atoms with Crippen molar-refractivity contribution in [2.75, 3.05) is 32.1 Å². The number of ether oxygens (including phenoxy) is 2. The minimum Gasteiger partial charge on any atom is -0.497 e. The summed E-state index contributed by atoms with van der Waals surface area (Å²) in [5, 5.41) is 18.4. The first-order valence-electron chi connectivity index (χ1n) is 16.0. The normalized spacial score (nSPS) is 15.7. The van der Waals surface area contributed by atoms with Gasteiger partial charge < -0.3 is 30.5 Å². The van der Waals surface area contributed by atoms with Gasteiger partial charge in [-0.1, -0.05) is 36.4 Å². The van der Waals surface area contributed by atoms with E-state index in [1.54, 1.807) is 36.1 Å². The number of primary amides is 1. The molecule has 0 bridgehead atoms. The van der Waals surface area contributed by atoms with Gasteiger partial charge in [-0.25, -0.2) is 9.37 Å². The highest BCUT2D eigenvalue weighted by Crippen LogP contribution is 2.35. The molecule has 1 aliphatic heterocycles. The first-order valence-corrected chi connectivity index (χ1v) is 14.5. The molecule has 5 aromatic rings. The Hall–Kier alpha value is -5.49. The van der Waals surface area contributed by atoms with Crippen LogP contribution in [-0.2, 0) is 13.1 Å². The summed E-state index contributed by atoms with van der Waals surface area (Å²) < 4.78 is 47.8. The van der Waals surface area contributed by atoms with Crippen LogP contribution in [0.15, 0.2) is 72.9 Å². The molecule has 1 saturated heterocycles. The molecule has 6 rings (SSSR count). The van der Waals surface area contributed by atoms with Crippen molar-refractivity contribution in [1.29, 1.82) is 0 Å². The Bertz CT molecular complexity index is 2020. The molecule has 0 radical (unpaired) electrons. The van der Waals surface area contributed by atoms with Gasteiger partial charge in [0.2, 0.25) is 0 Å². The molecule has 1 fully saturated rings. The minimum atomic E-state index is -2.83. The van der Waals surface area contributed by atoms with Gasteiger partial charge in [0.15, 0.2) is 0 Å². The molecule has 4 N–H and O–H groups in total. The minimum absolute atomic E-state index is 0.0185. The van der Waals surface area contributed by atoms with Crippen molar-refractivity contribution in [1.82, 2.24) is 20.1 Å². The molecule has 3 aromatic carbocycles. The first kappa shape index (κ1) is 26.9. The number of fused-ring (bicyclic) bond motifs is 1. The van der Waals surface area contributed by atoms with Gasteiger partial charge in [0.25, 0.3) is 11.8 Å². The smallest absolute Gasteiger partial charge is 0.255 e. The highest BCUT2D eigenvalue weighted by molar-refractivity contribution is 6.12. The highest BCUT2D eigenvalue weighted by Gasteiger charge is 2.28. The number of hydrogen-bond acceptors (Lipinski definition) is 8. The fraction of sp³-hybridized carbons (Fsp3) is 0.235. The van der Waals surface area contributed by atoms with Crippen molar-refractivity contribution >= 4 is 28.5 Å². The van der Waals surface area contributed by atoms with E-state index in [2.05, 4.69) is 5.32 Å². The monoisotopic (exact) mass is 627 g/mol. The number of halogens is 1. The lowest BCUT2D eigenvalue weighted by molar-refractivity contribution is 0.0946. The number of β-amino-alcohol motifs (C(OH)–C–C–N with tert-alkyl or cyclic N) is 1. The molecular formula is C34H33FN6O5. The Morgan fingerprint density at radius 2 is 1.87 bits per heavy atom. The van der Waals surface area contributed by atoms with E-state index in [9.17, 15) is 19.1 Å². The maximum Gasteiger partial charge on any atom is 0.255 e. The van der Waals surface area contributed by atoms with Crippen LogP contribution in [0.2, 0.25) is 0 Å². The van der Waals surface area contributed by atoms with Gasteiger partial charge in [0.05, 0.1) is 53.1 Å². The summed E-state index contributed by atoms with van der Waals surface area (Å²) in [4.78, 5) is 32.8. The molecule has 11 nitrogen and oxygen atoms in total. The molecule has 0 saturated carbocycles. The second-order valence-electron chi connectivity index (χ2n) is 11.0. The van der Waals surface area contributed by atoms with Crippen LogP contribution in [0.1, 0.15) is 42.4 Å². The Labute approximate surface area is 268 Å². The van der Waals surface area contributed by atoms with Gasteiger partial charge in [-0.05, 0) is 47.9 Å². The number of carbonyl (C=O) groups excluding carboxylic acids is 2. The van der Waals surface area contributed by atoms with Gasteiger partial charge >= 0.3 is 0 Å². The Balaban J connectivity index is 1.31. The lowest BCUT2D eigenvalue weighted by Crippen LogP contribution is -2.24. The third kappa shape index (κ3) is 6.20. The second kappa shape index (κ2) is 12.9. The van der Waals surface area contributed by atoms with E-state index < -0.39 is 30.8 Å². The van der Waals surface area contributed by atoms with Crippen LogP contribution in [0.3, 0.4) is 0 Å². The Morgan fingerprint density at radius 1 is 1.11 bits per heavy atom. The van der Waals surface area contributed by atoms with Gasteiger partial charge in [-0.2, -0.15) is 5.10 Å². The van der Waals surface area contributed by atoms with E-state index >= 15 is 0 Å². The van der Waals surface area contributed by atoms with Crippen LogP contribution < -0.4 is 25.4 Å². The summed E-state index contributed by atoms with van der Waals surface area (Å²) in [6.07, 6.45) is 1.86. The first-order chi connectivity index (χ1) is 23.4. The molecule has 12 heteroatoms. The number of methoxy groups -OCH3 is 2. The van der Waals surface area contributed by atoms with Crippen molar-refractivity contribution in [3.05, 3.63) is 101 Å². The summed E-state index contributed by atoms with van der Waals surface area (Å²) in [6.45, 7) is 1.36. The third-order valence-electron chi connectivity index (χ3n) is 7.88. The zero-order chi connectivity index (χ0) is 34.9. The molecule has 46 heavy (non-hydrogen) atoms. The van der Waals surface area contributed by atoms with Crippen molar-refractivity contribution in [2.45, 2.75) is 25.6 Å². The number of benzene rings is 3. The molecule has 0 aliphatic carbocycles. The number of nitrogens with zero attached hydrogens (tertiary/aromatic N) is 4. The molecule has 2 aromatic heterocycles. The molecule has 2 amide bonds. The molecule has 0 spiro atoms. The van der Waals surface area contributed by atoms with Crippen molar-refractivity contribution < 1.29 is 32.7 Å². The number of nitrogens with two attached hydrogens (primary N) is 1. The molecule has 1 aliphatic rings. The van der Waals surface area contributed by atoms with Crippen LogP contribution in [0.4, 0.5) is 10.2 Å². The number of aliphatic hydroxyl groups excluding tert-OH is 1. The average Bonchev–Trinajstić information content (AvgIpc) is 3.69. The fourth-order valence-corrected chi connectivity index (χ4v) is 5.55. The summed E-state index contributed by atoms with van der Waals surface area (Å²) >= 11 is 0. The molecular weight excluding hydrogens is 591 g/mol. The third-order valence-corrected chi connectivity index (χ3v) is 7.88. The maximum absolute atomic E-state index is 13.9. The fourth-order valence-electron chi connectivity index (χ4n) is 5.55. The average molecular weight is 628 g/mol. The number of carbonyl (C=O) groups is 2. The number of pyridine rings is 1. The quantitative estimate of drug-likeness (QED) is 0.212. The Morgan fingerprint density at radius 3 is 2.54 bits per heavy atom. The summed E-state index contributed by atoms with van der Waals surface area (Å²) in [5.74, 6) is -1.15. The number of hydrogen-bond donors (Lipinski definition) is 3. The predicted octanol–water partition coefficient (Wildman–Crippen LogP) is 3.90. The van der Waals surface area contributed by atoms with E-state index in [4.69, 9.17) is 29.4 Å². The van der Waals surface area contributed by atoms with Crippen molar-refractivity contribution in [3.63, 3.8) is 0 Å². The van der Waals surface area contributed by atoms with Crippen molar-refractivity contribution in [3.8, 4) is 22.8 Å². The largest absolute Gasteiger partial charge is 0.497 e. The summed E-state index contributed by atoms with van der Waals surface area (Å²) in [6, 6.07) is 17.5. The molecule has 236 valence electrons. The highest BCUT2D eigenvalue weighted by atomic mass is 19.1. The van der Waals surface area contributed by atoms with Gasteiger partial charge in [-0.3, -0.25) is 14.3 Å². The van der Waals surface area contributed by atoms with Crippen LogP contribution in [0, 0.1) is 5.82 Å². The van der Waals surface area contributed by atoms with Crippen molar-refractivity contribution in [2.24, 2.45) is 5.73 Å². The number of amides is 2. The lowest BCUT2D eigenvalue weighted by atomic mass is 10.0. The number of rotatable bonds is 10. The van der Waals surface area contributed by atoms with Gasteiger partial charge in [0.1, 0.15) is 28.7 Å². The summed E-state index contributed by atoms with van der Waals surface area (Å²) in [7, 11) is -1.23. The predicted molar refractivity (Wildman–Crippen MR) is 171 cm³/mol. The maximum atomic E-state index is 13.9. The van der Waals surface area contributed by atoms with Crippen LogP contribution in [-0.4, -0.2) is 65.0 Å².